The highest BCUT2D eigenvalue weighted by Gasteiger charge is 1.96. The van der Waals surface area contributed by atoms with Crippen LogP contribution < -0.4 is 5.32 Å². The van der Waals surface area contributed by atoms with Gasteiger partial charge in [0.2, 0.25) is 0 Å². The lowest BCUT2D eigenvalue weighted by Gasteiger charge is -2.10. The first kappa shape index (κ1) is 13.1. The molecule has 0 fully saturated rings. The molecule has 0 saturated carbocycles. The molecule has 0 spiro atoms. The molecule has 90 valence electrons. The van der Waals surface area contributed by atoms with E-state index in [9.17, 15) is 0 Å². The van der Waals surface area contributed by atoms with Crippen LogP contribution in [0.15, 0.2) is 24.3 Å². The van der Waals surface area contributed by atoms with E-state index in [-0.39, 0.29) is 0 Å². The van der Waals surface area contributed by atoms with Gasteiger partial charge >= 0.3 is 0 Å². The summed E-state index contributed by atoms with van der Waals surface area (Å²) in [6.07, 6.45) is 6.60. The SMILES string of the molecule is CCCCCCc1ccc(NC(C)C)cc1. The summed E-state index contributed by atoms with van der Waals surface area (Å²) >= 11 is 0. The Hall–Kier alpha value is -0.980. The third-order valence-electron chi connectivity index (χ3n) is 2.73. The van der Waals surface area contributed by atoms with Crippen LogP contribution in [0.5, 0.6) is 0 Å². The summed E-state index contributed by atoms with van der Waals surface area (Å²) in [5.74, 6) is 0. The molecule has 1 N–H and O–H groups in total. The van der Waals surface area contributed by atoms with Crippen LogP contribution in [0.4, 0.5) is 5.69 Å². The monoisotopic (exact) mass is 219 g/mol. The molecule has 0 aromatic heterocycles. The fraction of sp³-hybridized carbons (Fsp3) is 0.600. The predicted octanol–water partition coefficient (Wildman–Crippen LogP) is 4.63. The first-order valence-electron chi connectivity index (χ1n) is 6.58. The van der Waals surface area contributed by atoms with Crippen LogP contribution in [0.25, 0.3) is 0 Å². The molecule has 1 aromatic rings. The minimum absolute atomic E-state index is 0.510. The van der Waals surface area contributed by atoms with E-state index >= 15 is 0 Å². The fourth-order valence-electron chi connectivity index (χ4n) is 1.86. The predicted molar refractivity (Wildman–Crippen MR) is 73.0 cm³/mol. The van der Waals surface area contributed by atoms with Gasteiger partial charge in [-0.05, 0) is 44.4 Å². The van der Waals surface area contributed by atoms with E-state index in [0.717, 1.165) is 0 Å². The normalized spacial score (nSPS) is 10.8. The van der Waals surface area contributed by atoms with Crippen molar-refractivity contribution in [3.8, 4) is 0 Å². The van der Waals surface area contributed by atoms with E-state index in [1.165, 1.54) is 43.4 Å². The molecule has 0 amide bonds. The molecule has 1 heteroatoms. The molecule has 0 atom stereocenters. The molecule has 0 aliphatic heterocycles. The molecule has 1 rings (SSSR count). The maximum Gasteiger partial charge on any atom is 0.0342 e. The van der Waals surface area contributed by atoms with Gasteiger partial charge in [0, 0.05) is 11.7 Å². The minimum Gasteiger partial charge on any atom is -0.383 e. The number of rotatable bonds is 7. The van der Waals surface area contributed by atoms with Gasteiger partial charge in [-0.1, -0.05) is 38.3 Å². The zero-order chi connectivity index (χ0) is 11.8. The lowest BCUT2D eigenvalue weighted by molar-refractivity contribution is 0.667. The summed E-state index contributed by atoms with van der Waals surface area (Å²) in [7, 11) is 0. The summed E-state index contributed by atoms with van der Waals surface area (Å²) in [4.78, 5) is 0. The summed E-state index contributed by atoms with van der Waals surface area (Å²) in [6, 6.07) is 9.38. The lowest BCUT2D eigenvalue weighted by atomic mass is 10.1. The number of hydrogen-bond acceptors (Lipinski definition) is 1. The standard InChI is InChI=1S/C15H25N/c1-4-5-6-7-8-14-9-11-15(12-10-14)16-13(2)3/h9-13,16H,4-8H2,1-3H3. The Balaban J connectivity index is 2.33. The average molecular weight is 219 g/mol. The van der Waals surface area contributed by atoms with Gasteiger partial charge in [0.25, 0.3) is 0 Å². The molecule has 16 heavy (non-hydrogen) atoms. The van der Waals surface area contributed by atoms with Crippen molar-refractivity contribution in [2.45, 2.75) is 58.9 Å². The van der Waals surface area contributed by atoms with Crippen molar-refractivity contribution in [1.29, 1.82) is 0 Å². The number of unbranched alkanes of at least 4 members (excludes halogenated alkanes) is 3. The number of nitrogens with one attached hydrogen (secondary N) is 1. The second kappa shape index (κ2) is 7.32. The van der Waals surface area contributed by atoms with Crippen molar-refractivity contribution >= 4 is 5.69 Å². The third kappa shape index (κ3) is 5.20. The van der Waals surface area contributed by atoms with Crippen LogP contribution in [0.3, 0.4) is 0 Å². The highest BCUT2D eigenvalue weighted by atomic mass is 14.9. The van der Waals surface area contributed by atoms with Crippen molar-refractivity contribution in [1.82, 2.24) is 0 Å². The third-order valence-corrected chi connectivity index (χ3v) is 2.73. The summed E-state index contributed by atoms with van der Waals surface area (Å²) in [5, 5.41) is 3.41. The number of aryl methyl sites for hydroxylation is 1. The van der Waals surface area contributed by atoms with Gasteiger partial charge in [0.15, 0.2) is 0 Å². The van der Waals surface area contributed by atoms with Crippen molar-refractivity contribution in [3.63, 3.8) is 0 Å². The largest absolute Gasteiger partial charge is 0.383 e. The van der Waals surface area contributed by atoms with E-state index in [1.54, 1.807) is 0 Å². The minimum atomic E-state index is 0.510. The quantitative estimate of drug-likeness (QED) is 0.659. The van der Waals surface area contributed by atoms with Crippen LogP contribution in [-0.2, 0) is 6.42 Å². The van der Waals surface area contributed by atoms with Gasteiger partial charge in [0.05, 0.1) is 0 Å². The van der Waals surface area contributed by atoms with Gasteiger partial charge < -0.3 is 5.32 Å². The Morgan fingerprint density at radius 1 is 1.00 bits per heavy atom. The summed E-state index contributed by atoms with van der Waals surface area (Å²) in [5.41, 5.74) is 2.69. The van der Waals surface area contributed by atoms with Crippen molar-refractivity contribution in [2.24, 2.45) is 0 Å². The second-order valence-electron chi connectivity index (χ2n) is 4.81. The number of anilines is 1. The number of hydrogen-bond donors (Lipinski definition) is 1. The topological polar surface area (TPSA) is 12.0 Å². The average Bonchev–Trinajstić information content (AvgIpc) is 2.26. The zero-order valence-corrected chi connectivity index (χ0v) is 10.9. The maximum atomic E-state index is 3.41. The Labute approximate surface area is 100 Å². The van der Waals surface area contributed by atoms with E-state index in [4.69, 9.17) is 0 Å². The Morgan fingerprint density at radius 3 is 2.25 bits per heavy atom. The first-order valence-corrected chi connectivity index (χ1v) is 6.58. The molecule has 1 aromatic carbocycles. The van der Waals surface area contributed by atoms with Crippen LogP contribution in [0, 0.1) is 0 Å². The highest BCUT2D eigenvalue weighted by Crippen LogP contribution is 2.13. The smallest absolute Gasteiger partial charge is 0.0342 e. The molecule has 0 aliphatic rings. The molecule has 0 aliphatic carbocycles. The van der Waals surface area contributed by atoms with E-state index in [2.05, 4.69) is 50.4 Å². The van der Waals surface area contributed by atoms with Crippen molar-refractivity contribution in [3.05, 3.63) is 29.8 Å². The van der Waals surface area contributed by atoms with Crippen LogP contribution in [0.1, 0.15) is 52.0 Å². The van der Waals surface area contributed by atoms with Crippen LogP contribution >= 0.6 is 0 Å². The van der Waals surface area contributed by atoms with Gasteiger partial charge in [0.1, 0.15) is 0 Å². The lowest BCUT2D eigenvalue weighted by Crippen LogP contribution is -2.09. The molecular weight excluding hydrogens is 194 g/mol. The van der Waals surface area contributed by atoms with Crippen molar-refractivity contribution in [2.75, 3.05) is 5.32 Å². The molecular formula is C15H25N. The Bertz CT molecular complexity index is 274. The summed E-state index contributed by atoms with van der Waals surface area (Å²) in [6.45, 7) is 6.59. The summed E-state index contributed by atoms with van der Waals surface area (Å²) < 4.78 is 0. The maximum absolute atomic E-state index is 3.41. The molecule has 0 radical (unpaired) electrons. The van der Waals surface area contributed by atoms with Crippen LogP contribution in [0.2, 0.25) is 0 Å². The Morgan fingerprint density at radius 2 is 1.69 bits per heavy atom. The van der Waals surface area contributed by atoms with Gasteiger partial charge in [-0.3, -0.25) is 0 Å². The number of benzene rings is 1. The zero-order valence-electron chi connectivity index (χ0n) is 10.9. The molecule has 0 unspecified atom stereocenters. The van der Waals surface area contributed by atoms with E-state index < -0.39 is 0 Å². The molecule has 0 bridgehead atoms. The molecule has 0 saturated heterocycles. The van der Waals surface area contributed by atoms with E-state index in [0.29, 0.717) is 6.04 Å². The second-order valence-corrected chi connectivity index (χ2v) is 4.81. The molecule has 0 heterocycles. The fourth-order valence-corrected chi connectivity index (χ4v) is 1.86. The van der Waals surface area contributed by atoms with Gasteiger partial charge in [-0.2, -0.15) is 0 Å². The van der Waals surface area contributed by atoms with Crippen LogP contribution in [-0.4, -0.2) is 6.04 Å². The van der Waals surface area contributed by atoms with Gasteiger partial charge in [-0.25, -0.2) is 0 Å². The first-order chi connectivity index (χ1) is 7.72. The molecule has 1 nitrogen and oxygen atoms in total. The van der Waals surface area contributed by atoms with E-state index in [1.807, 2.05) is 0 Å². The van der Waals surface area contributed by atoms with Gasteiger partial charge in [-0.15, -0.1) is 0 Å². The Kier molecular flexibility index (Phi) is 5.99. The van der Waals surface area contributed by atoms with Crippen molar-refractivity contribution < 1.29 is 0 Å². The highest BCUT2D eigenvalue weighted by molar-refractivity contribution is 5.45.